The maximum atomic E-state index is 10.7. The molecule has 0 aliphatic heterocycles. The van der Waals surface area contributed by atoms with Crippen molar-refractivity contribution in [2.45, 2.75) is 0 Å². The summed E-state index contributed by atoms with van der Waals surface area (Å²) in [6.45, 7) is 0. The number of halogens is 1. The van der Waals surface area contributed by atoms with Gasteiger partial charge in [0.25, 0.3) is 5.69 Å². The van der Waals surface area contributed by atoms with Crippen molar-refractivity contribution in [2.24, 2.45) is 0 Å². The summed E-state index contributed by atoms with van der Waals surface area (Å²) in [5, 5.41) is 19.3. The van der Waals surface area contributed by atoms with Gasteiger partial charge in [-0.1, -0.05) is 12.1 Å². The van der Waals surface area contributed by atoms with E-state index in [-0.39, 0.29) is 23.7 Å². The first kappa shape index (κ1) is 14.7. The fraction of sp³-hybridized carbons (Fsp3) is 0. The molecule has 0 radical (unpaired) electrons. The lowest BCUT2D eigenvalue weighted by Gasteiger charge is -2.02. The Labute approximate surface area is 115 Å². The fourth-order valence-electron chi connectivity index (χ4n) is 1.58. The monoisotopic (exact) mass is 279 g/mol. The number of hydrogen-bond acceptors (Lipinski definition) is 3. The molecular weight excluding hydrogens is 270 g/mol. The molecule has 2 aromatic carbocycles. The van der Waals surface area contributed by atoms with Gasteiger partial charge in [-0.15, -0.1) is 12.4 Å². The van der Waals surface area contributed by atoms with Crippen molar-refractivity contribution < 1.29 is 14.8 Å². The summed E-state index contributed by atoms with van der Waals surface area (Å²) in [6, 6.07) is 12.4. The van der Waals surface area contributed by atoms with Crippen molar-refractivity contribution >= 4 is 24.1 Å². The largest absolute Gasteiger partial charge is 0.478 e. The normalized spacial score (nSPS) is 9.47. The molecule has 98 valence electrons. The van der Waals surface area contributed by atoms with Crippen molar-refractivity contribution in [3.8, 4) is 11.1 Å². The molecule has 0 spiro atoms. The minimum absolute atomic E-state index is 0. The van der Waals surface area contributed by atoms with Crippen LogP contribution in [0.4, 0.5) is 5.69 Å². The van der Waals surface area contributed by atoms with Crippen molar-refractivity contribution in [3.05, 3.63) is 64.2 Å². The van der Waals surface area contributed by atoms with Crippen LogP contribution in [0, 0.1) is 10.1 Å². The molecule has 0 aliphatic carbocycles. The number of benzene rings is 2. The molecule has 19 heavy (non-hydrogen) atoms. The van der Waals surface area contributed by atoms with Gasteiger partial charge < -0.3 is 5.11 Å². The van der Waals surface area contributed by atoms with Crippen molar-refractivity contribution in [3.63, 3.8) is 0 Å². The fourth-order valence-corrected chi connectivity index (χ4v) is 1.58. The van der Waals surface area contributed by atoms with Gasteiger partial charge in [-0.05, 0) is 35.4 Å². The highest BCUT2D eigenvalue weighted by Crippen LogP contribution is 2.22. The Morgan fingerprint density at radius 2 is 1.37 bits per heavy atom. The minimum Gasteiger partial charge on any atom is -0.478 e. The molecular formula is C13H10ClNO4. The Bertz CT molecular complexity index is 538. The zero-order chi connectivity index (χ0) is 13.1. The van der Waals surface area contributed by atoms with Crippen molar-refractivity contribution in [1.82, 2.24) is 0 Å². The number of hydrogen-bond donors (Lipinski definition) is 1. The van der Waals surface area contributed by atoms with Crippen LogP contribution in [0.3, 0.4) is 0 Å². The van der Waals surface area contributed by atoms with Gasteiger partial charge in [0.15, 0.2) is 0 Å². The maximum Gasteiger partial charge on any atom is 0.335 e. The van der Waals surface area contributed by atoms with Crippen molar-refractivity contribution in [2.75, 3.05) is 0 Å². The van der Waals surface area contributed by atoms with Gasteiger partial charge in [-0.2, -0.15) is 0 Å². The topological polar surface area (TPSA) is 80.4 Å². The highest BCUT2D eigenvalue weighted by atomic mass is 35.5. The quantitative estimate of drug-likeness (QED) is 0.690. The van der Waals surface area contributed by atoms with Crippen LogP contribution in [-0.4, -0.2) is 16.0 Å². The highest BCUT2D eigenvalue weighted by molar-refractivity contribution is 5.88. The van der Waals surface area contributed by atoms with Crippen LogP contribution in [0.1, 0.15) is 10.4 Å². The van der Waals surface area contributed by atoms with Crippen LogP contribution in [0.5, 0.6) is 0 Å². The van der Waals surface area contributed by atoms with E-state index in [0.717, 1.165) is 11.1 Å². The van der Waals surface area contributed by atoms with E-state index in [1.54, 1.807) is 24.3 Å². The smallest absolute Gasteiger partial charge is 0.335 e. The third-order valence-corrected chi connectivity index (χ3v) is 2.54. The molecule has 0 aromatic heterocycles. The predicted octanol–water partition coefficient (Wildman–Crippen LogP) is 3.38. The summed E-state index contributed by atoms with van der Waals surface area (Å²) in [4.78, 5) is 20.7. The molecule has 0 fully saturated rings. The summed E-state index contributed by atoms with van der Waals surface area (Å²) in [5.41, 5.74) is 1.86. The summed E-state index contributed by atoms with van der Waals surface area (Å²) >= 11 is 0. The zero-order valence-corrected chi connectivity index (χ0v) is 10.5. The van der Waals surface area contributed by atoms with Crippen molar-refractivity contribution in [1.29, 1.82) is 0 Å². The number of non-ortho nitro benzene ring substituents is 1. The van der Waals surface area contributed by atoms with Crippen LogP contribution in [0.2, 0.25) is 0 Å². The van der Waals surface area contributed by atoms with E-state index in [2.05, 4.69) is 0 Å². The summed E-state index contributed by atoms with van der Waals surface area (Å²) in [7, 11) is 0. The van der Waals surface area contributed by atoms with Crippen LogP contribution in [-0.2, 0) is 0 Å². The summed E-state index contributed by atoms with van der Waals surface area (Å²) in [6.07, 6.45) is 0. The first-order valence-corrected chi connectivity index (χ1v) is 5.16. The molecule has 0 saturated heterocycles. The number of carboxylic acid groups (broad SMARTS) is 1. The first-order chi connectivity index (χ1) is 8.58. The highest BCUT2D eigenvalue weighted by Gasteiger charge is 2.06. The summed E-state index contributed by atoms with van der Waals surface area (Å²) < 4.78 is 0. The van der Waals surface area contributed by atoms with Gasteiger partial charge >= 0.3 is 5.97 Å². The molecule has 0 amide bonds. The van der Waals surface area contributed by atoms with Crippen LogP contribution in [0.25, 0.3) is 11.1 Å². The molecule has 0 unspecified atom stereocenters. The van der Waals surface area contributed by atoms with E-state index in [0.29, 0.717) is 0 Å². The predicted molar refractivity (Wildman–Crippen MR) is 72.7 cm³/mol. The number of carboxylic acids is 1. The number of rotatable bonds is 3. The second-order valence-electron chi connectivity index (χ2n) is 3.69. The van der Waals surface area contributed by atoms with Gasteiger partial charge in [-0.3, -0.25) is 10.1 Å². The lowest BCUT2D eigenvalue weighted by atomic mass is 10.0. The molecule has 2 rings (SSSR count). The Kier molecular flexibility index (Phi) is 4.61. The third-order valence-electron chi connectivity index (χ3n) is 2.54. The van der Waals surface area contributed by atoms with E-state index in [1.807, 2.05) is 0 Å². The number of nitro benzene ring substituents is 1. The molecule has 6 heteroatoms. The molecule has 0 bridgehead atoms. The Balaban J connectivity index is 0.00000180. The van der Waals surface area contributed by atoms with Crippen LogP contribution < -0.4 is 0 Å². The average Bonchev–Trinajstić information content (AvgIpc) is 2.39. The maximum absolute atomic E-state index is 10.7. The van der Waals surface area contributed by atoms with Gasteiger partial charge in [0.1, 0.15) is 0 Å². The van der Waals surface area contributed by atoms with E-state index < -0.39 is 10.9 Å². The standard InChI is InChI=1S/C13H9NO4.ClH/c15-13(16)11-3-1-9(2-4-11)10-5-7-12(8-6-10)14(17)18;/h1-8H,(H,15,16);1H. The van der Waals surface area contributed by atoms with Gasteiger partial charge in [0.05, 0.1) is 10.5 Å². The van der Waals surface area contributed by atoms with E-state index in [9.17, 15) is 14.9 Å². The molecule has 0 atom stereocenters. The average molecular weight is 280 g/mol. The summed E-state index contributed by atoms with van der Waals surface area (Å²) in [5.74, 6) is -0.981. The molecule has 5 nitrogen and oxygen atoms in total. The van der Waals surface area contributed by atoms with Crippen LogP contribution >= 0.6 is 12.4 Å². The zero-order valence-electron chi connectivity index (χ0n) is 9.65. The minimum atomic E-state index is -0.981. The Morgan fingerprint density at radius 1 is 0.947 bits per heavy atom. The lowest BCUT2D eigenvalue weighted by Crippen LogP contribution is -1.95. The lowest BCUT2D eigenvalue weighted by molar-refractivity contribution is -0.384. The SMILES string of the molecule is Cl.O=C(O)c1ccc(-c2ccc([N+](=O)[O-])cc2)cc1. The molecule has 1 N–H and O–H groups in total. The van der Waals surface area contributed by atoms with E-state index >= 15 is 0 Å². The van der Waals surface area contributed by atoms with E-state index in [4.69, 9.17) is 5.11 Å². The van der Waals surface area contributed by atoms with Gasteiger partial charge in [0.2, 0.25) is 0 Å². The first-order valence-electron chi connectivity index (χ1n) is 5.16. The molecule has 2 aromatic rings. The van der Waals surface area contributed by atoms with Gasteiger partial charge in [0, 0.05) is 12.1 Å². The number of nitrogens with zero attached hydrogens (tertiary/aromatic N) is 1. The molecule has 0 aliphatic rings. The Hall–Kier alpha value is -2.40. The second kappa shape index (κ2) is 5.97. The van der Waals surface area contributed by atoms with E-state index in [1.165, 1.54) is 24.3 Å². The number of carbonyl (C=O) groups is 1. The number of nitro groups is 1. The molecule has 0 saturated carbocycles. The third kappa shape index (κ3) is 3.29. The number of aromatic carboxylic acids is 1. The van der Waals surface area contributed by atoms with Crippen LogP contribution in [0.15, 0.2) is 48.5 Å². The van der Waals surface area contributed by atoms with Gasteiger partial charge in [-0.25, -0.2) is 4.79 Å². The molecule has 0 heterocycles. The Morgan fingerprint density at radius 3 is 1.74 bits per heavy atom. The second-order valence-corrected chi connectivity index (χ2v) is 3.69.